The molecule has 2 rings (SSSR count). The van der Waals surface area contributed by atoms with Crippen LogP contribution in [-0.2, 0) is 10.0 Å². The third-order valence-electron chi connectivity index (χ3n) is 3.30. The van der Waals surface area contributed by atoms with Crippen molar-refractivity contribution in [3.05, 3.63) is 47.5 Å². The second-order valence-electron chi connectivity index (χ2n) is 5.27. The van der Waals surface area contributed by atoms with Crippen molar-refractivity contribution in [1.29, 1.82) is 0 Å². The maximum Gasteiger partial charge on any atom is 0.516 e. The van der Waals surface area contributed by atoms with E-state index in [-0.39, 0.29) is 5.69 Å². The first-order valence-electron chi connectivity index (χ1n) is 7.06. The molecule has 0 heterocycles. The minimum atomic E-state index is -5.47. The normalized spacial score (nSPS) is 11.9. The molecule has 0 fully saturated rings. The van der Waals surface area contributed by atoms with Crippen molar-refractivity contribution in [2.24, 2.45) is 0 Å². The summed E-state index contributed by atoms with van der Waals surface area (Å²) in [5.74, 6) is 1.59. The average Bonchev–Trinajstić information content (AvgIpc) is 2.50. The van der Waals surface area contributed by atoms with E-state index in [0.717, 1.165) is 0 Å². The summed E-state index contributed by atoms with van der Waals surface area (Å²) in [4.78, 5) is 0. The lowest BCUT2D eigenvalue weighted by Crippen LogP contribution is -2.29. The van der Waals surface area contributed by atoms with Crippen molar-refractivity contribution in [1.82, 2.24) is 0 Å². The number of hydrogen-bond donors (Lipinski definition) is 1. The van der Waals surface area contributed by atoms with E-state index in [4.69, 9.17) is 9.47 Å². The molecule has 136 valence electrons. The van der Waals surface area contributed by atoms with E-state index >= 15 is 0 Å². The SMILES string of the molecule is COc1ccc(Oc2c(C)cc(NS(=O)(=O)C(F)(F)F)cc2C)cc1. The van der Waals surface area contributed by atoms with E-state index in [9.17, 15) is 21.6 Å². The van der Waals surface area contributed by atoms with Crippen molar-refractivity contribution in [2.75, 3.05) is 11.8 Å². The van der Waals surface area contributed by atoms with Gasteiger partial charge in [0.25, 0.3) is 0 Å². The molecule has 1 N–H and O–H groups in total. The molecule has 25 heavy (non-hydrogen) atoms. The quantitative estimate of drug-likeness (QED) is 0.843. The van der Waals surface area contributed by atoms with Gasteiger partial charge in [-0.25, -0.2) is 0 Å². The van der Waals surface area contributed by atoms with Gasteiger partial charge < -0.3 is 9.47 Å². The number of ether oxygens (including phenoxy) is 2. The molecule has 2 aromatic carbocycles. The Morgan fingerprint density at radius 2 is 1.44 bits per heavy atom. The minimum absolute atomic E-state index is 0.186. The number of alkyl halides is 3. The van der Waals surface area contributed by atoms with Gasteiger partial charge in [-0.15, -0.1) is 0 Å². The van der Waals surface area contributed by atoms with Gasteiger partial charge in [-0.05, 0) is 61.4 Å². The molecular formula is C16H16F3NO4S. The fourth-order valence-corrected chi connectivity index (χ4v) is 2.69. The Kier molecular flexibility index (Phi) is 5.17. The first-order valence-corrected chi connectivity index (χ1v) is 8.54. The lowest BCUT2D eigenvalue weighted by molar-refractivity contribution is -0.0429. The smallest absolute Gasteiger partial charge is 0.497 e. The van der Waals surface area contributed by atoms with Gasteiger partial charge in [-0.1, -0.05) is 0 Å². The van der Waals surface area contributed by atoms with Crippen LogP contribution < -0.4 is 14.2 Å². The molecule has 5 nitrogen and oxygen atoms in total. The summed E-state index contributed by atoms with van der Waals surface area (Å²) in [5.41, 5.74) is -4.60. The number of anilines is 1. The van der Waals surface area contributed by atoms with Crippen molar-refractivity contribution in [3.63, 3.8) is 0 Å². The van der Waals surface area contributed by atoms with Gasteiger partial charge in [-0.3, -0.25) is 4.72 Å². The Morgan fingerprint density at radius 3 is 1.88 bits per heavy atom. The van der Waals surface area contributed by atoms with Gasteiger partial charge in [0.2, 0.25) is 0 Å². The largest absolute Gasteiger partial charge is 0.516 e. The molecule has 0 aliphatic carbocycles. The molecular weight excluding hydrogens is 359 g/mol. The van der Waals surface area contributed by atoms with Crippen LogP contribution in [0.25, 0.3) is 0 Å². The molecule has 0 spiro atoms. The van der Waals surface area contributed by atoms with Crippen molar-refractivity contribution < 1.29 is 31.1 Å². The zero-order valence-electron chi connectivity index (χ0n) is 13.6. The summed E-state index contributed by atoms with van der Waals surface area (Å²) in [6.07, 6.45) is 0. The summed E-state index contributed by atoms with van der Waals surface area (Å²) in [6, 6.07) is 9.30. The highest BCUT2D eigenvalue weighted by molar-refractivity contribution is 7.93. The molecule has 0 radical (unpaired) electrons. The number of sulfonamides is 1. The maximum atomic E-state index is 12.5. The van der Waals surface area contributed by atoms with Crippen LogP contribution in [0.3, 0.4) is 0 Å². The molecule has 0 bridgehead atoms. The van der Waals surface area contributed by atoms with Gasteiger partial charge in [0.1, 0.15) is 17.2 Å². The highest BCUT2D eigenvalue weighted by Gasteiger charge is 2.46. The first-order chi connectivity index (χ1) is 11.5. The molecule has 0 saturated heterocycles. The molecule has 9 heteroatoms. The second kappa shape index (κ2) is 6.83. The maximum absolute atomic E-state index is 12.5. The highest BCUT2D eigenvalue weighted by atomic mass is 32.2. The Bertz CT molecular complexity index is 839. The Hall–Kier alpha value is -2.42. The monoisotopic (exact) mass is 375 g/mol. The van der Waals surface area contributed by atoms with Gasteiger partial charge in [0.15, 0.2) is 0 Å². The Balaban J connectivity index is 2.28. The van der Waals surface area contributed by atoms with Crippen LogP contribution in [-0.4, -0.2) is 21.0 Å². The third kappa shape index (κ3) is 4.36. The third-order valence-corrected chi connectivity index (χ3v) is 4.41. The molecule has 0 amide bonds. The minimum Gasteiger partial charge on any atom is -0.497 e. The Labute approximate surface area is 143 Å². The number of aryl methyl sites for hydroxylation is 2. The summed E-state index contributed by atoms with van der Waals surface area (Å²) in [5, 5.41) is 0. The van der Waals surface area contributed by atoms with E-state index in [0.29, 0.717) is 28.4 Å². The van der Waals surface area contributed by atoms with Crippen LogP contribution in [0.2, 0.25) is 0 Å². The molecule has 0 atom stereocenters. The standard InChI is InChI=1S/C16H16F3NO4S/c1-10-8-12(20-25(21,22)16(17,18)19)9-11(2)15(10)24-14-6-4-13(23-3)5-7-14/h4-9,20H,1-3H3. The molecule has 2 aromatic rings. The van der Waals surface area contributed by atoms with E-state index in [1.54, 1.807) is 38.1 Å². The van der Waals surface area contributed by atoms with E-state index in [1.165, 1.54) is 24.0 Å². The Morgan fingerprint density at radius 1 is 0.960 bits per heavy atom. The lowest BCUT2D eigenvalue weighted by atomic mass is 10.1. The fraction of sp³-hybridized carbons (Fsp3) is 0.250. The summed E-state index contributed by atoms with van der Waals surface area (Å²) >= 11 is 0. The van der Waals surface area contributed by atoms with Gasteiger partial charge in [0.05, 0.1) is 7.11 Å². The van der Waals surface area contributed by atoms with Crippen LogP contribution in [0.5, 0.6) is 17.2 Å². The topological polar surface area (TPSA) is 64.6 Å². The molecule has 0 aliphatic heterocycles. The predicted molar refractivity (Wildman–Crippen MR) is 87.6 cm³/mol. The van der Waals surface area contributed by atoms with Crippen molar-refractivity contribution >= 4 is 15.7 Å². The van der Waals surface area contributed by atoms with Crippen LogP contribution in [0.4, 0.5) is 18.9 Å². The van der Waals surface area contributed by atoms with Crippen LogP contribution in [0.1, 0.15) is 11.1 Å². The molecule has 0 saturated carbocycles. The van der Waals surface area contributed by atoms with Gasteiger partial charge >= 0.3 is 15.5 Å². The zero-order chi connectivity index (χ0) is 18.8. The first kappa shape index (κ1) is 18.9. The summed E-state index contributed by atoms with van der Waals surface area (Å²) in [7, 11) is -3.94. The lowest BCUT2D eigenvalue weighted by Gasteiger charge is -2.16. The predicted octanol–water partition coefficient (Wildman–Crippen LogP) is 4.37. The number of methoxy groups -OCH3 is 1. The van der Waals surface area contributed by atoms with E-state index in [2.05, 4.69) is 0 Å². The molecule has 0 aromatic heterocycles. The highest BCUT2D eigenvalue weighted by Crippen LogP contribution is 2.33. The van der Waals surface area contributed by atoms with Crippen LogP contribution >= 0.6 is 0 Å². The van der Waals surface area contributed by atoms with Gasteiger partial charge in [-0.2, -0.15) is 21.6 Å². The zero-order valence-corrected chi connectivity index (χ0v) is 14.5. The number of hydrogen-bond acceptors (Lipinski definition) is 4. The molecule has 0 unspecified atom stereocenters. The number of nitrogens with one attached hydrogen (secondary N) is 1. The number of rotatable bonds is 5. The van der Waals surface area contributed by atoms with Crippen molar-refractivity contribution in [3.8, 4) is 17.2 Å². The van der Waals surface area contributed by atoms with Gasteiger partial charge in [0, 0.05) is 5.69 Å². The average molecular weight is 375 g/mol. The van der Waals surface area contributed by atoms with E-state index in [1.807, 2.05) is 0 Å². The van der Waals surface area contributed by atoms with Crippen molar-refractivity contribution in [2.45, 2.75) is 19.4 Å². The van der Waals surface area contributed by atoms with Crippen LogP contribution in [0.15, 0.2) is 36.4 Å². The summed E-state index contributed by atoms with van der Waals surface area (Å²) < 4.78 is 72.1. The van der Waals surface area contributed by atoms with E-state index < -0.39 is 15.5 Å². The van der Waals surface area contributed by atoms with Crippen LogP contribution in [0, 0.1) is 13.8 Å². The summed E-state index contributed by atoms with van der Waals surface area (Å²) in [6.45, 7) is 3.22. The molecule has 0 aliphatic rings. The second-order valence-corrected chi connectivity index (χ2v) is 6.94. The number of halogens is 3. The number of benzene rings is 2. The fourth-order valence-electron chi connectivity index (χ4n) is 2.14.